The van der Waals surface area contributed by atoms with Crippen LogP contribution in [-0.4, -0.2) is 65.5 Å². The largest absolute Gasteiger partial charge is 0.481 e. The molecule has 20 heavy (non-hydrogen) atoms. The highest BCUT2D eigenvalue weighted by molar-refractivity contribution is 5.94. The van der Waals surface area contributed by atoms with Crippen molar-refractivity contribution in [1.82, 2.24) is 15.1 Å². The second-order valence-corrected chi connectivity index (χ2v) is 5.09. The van der Waals surface area contributed by atoms with Gasteiger partial charge in [0.1, 0.15) is 0 Å². The number of urea groups is 1. The highest BCUT2D eigenvalue weighted by Crippen LogP contribution is 2.10. The van der Waals surface area contributed by atoms with Crippen LogP contribution >= 0.6 is 0 Å². The van der Waals surface area contributed by atoms with Gasteiger partial charge in [-0.25, -0.2) is 4.79 Å². The Morgan fingerprint density at radius 2 is 1.95 bits per heavy atom. The van der Waals surface area contributed by atoms with Gasteiger partial charge in [-0.05, 0) is 19.9 Å². The van der Waals surface area contributed by atoms with E-state index in [4.69, 9.17) is 5.11 Å². The molecule has 0 aliphatic carbocycles. The molecule has 1 heterocycles. The lowest BCUT2D eigenvalue weighted by atomic mass is 10.1. The Morgan fingerprint density at radius 1 is 1.25 bits per heavy atom. The fourth-order valence-electron chi connectivity index (χ4n) is 2.23. The minimum Gasteiger partial charge on any atom is -0.481 e. The number of aliphatic carboxylic acids is 1. The number of carboxylic acids is 1. The van der Waals surface area contributed by atoms with Gasteiger partial charge in [0.2, 0.25) is 5.91 Å². The first-order chi connectivity index (χ1) is 9.43. The number of nitrogens with one attached hydrogen (secondary N) is 1. The maximum Gasteiger partial charge on any atom is 0.324 e. The van der Waals surface area contributed by atoms with E-state index in [0.717, 1.165) is 13.0 Å². The Morgan fingerprint density at radius 3 is 2.55 bits per heavy atom. The molecule has 1 fully saturated rings. The first-order valence-corrected chi connectivity index (χ1v) is 6.94. The molecule has 0 bridgehead atoms. The topological polar surface area (TPSA) is 90.0 Å². The summed E-state index contributed by atoms with van der Waals surface area (Å²) in [5.41, 5.74) is 0. The minimum atomic E-state index is -0.936. The first kappa shape index (κ1) is 16.4. The summed E-state index contributed by atoms with van der Waals surface area (Å²) < 4.78 is 0. The third kappa shape index (κ3) is 5.16. The molecule has 1 atom stereocenters. The van der Waals surface area contributed by atoms with Crippen LogP contribution in [0.5, 0.6) is 0 Å². The summed E-state index contributed by atoms with van der Waals surface area (Å²) in [4.78, 5) is 37.7. The quantitative estimate of drug-likeness (QED) is 0.768. The van der Waals surface area contributed by atoms with Gasteiger partial charge in [0.25, 0.3) is 0 Å². The molecule has 3 amide bonds. The van der Waals surface area contributed by atoms with E-state index in [2.05, 4.69) is 17.1 Å². The van der Waals surface area contributed by atoms with Crippen LogP contribution in [0.25, 0.3) is 0 Å². The molecule has 1 saturated heterocycles. The summed E-state index contributed by atoms with van der Waals surface area (Å²) in [7, 11) is 2.03. The van der Waals surface area contributed by atoms with Gasteiger partial charge in [0.15, 0.2) is 0 Å². The van der Waals surface area contributed by atoms with Gasteiger partial charge in [-0.2, -0.15) is 0 Å². The van der Waals surface area contributed by atoms with Crippen molar-refractivity contribution in [3.8, 4) is 0 Å². The van der Waals surface area contributed by atoms with Crippen molar-refractivity contribution in [3.63, 3.8) is 0 Å². The monoisotopic (exact) mass is 285 g/mol. The number of carboxylic acid groups (broad SMARTS) is 1. The number of nitrogens with zero attached hydrogens (tertiary/aromatic N) is 2. The fourth-order valence-corrected chi connectivity index (χ4v) is 2.23. The highest BCUT2D eigenvalue weighted by atomic mass is 16.4. The molecule has 114 valence electrons. The van der Waals surface area contributed by atoms with Crippen molar-refractivity contribution in [2.24, 2.45) is 0 Å². The van der Waals surface area contributed by atoms with E-state index in [1.165, 1.54) is 0 Å². The average Bonchev–Trinajstić information content (AvgIpc) is 2.38. The molecule has 0 aromatic carbocycles. The molecule has 0 saturated carbocycles. The van der Waals surface area contributed by atoms with Gasteiger partial charge in [0.05, 0.1) is 0 Å². The lowest BCUT2D eigenvalue weighted by molar-refractivity contribution is -0.137. The second kappa shape index (κ2) is 7.84. The zero-order chi connectivity index (χ0) is 15.1. The molecular weight excluding hydrogens is 262 g/mol. The van der Waals surface area contributed by atoms with Gasteiger partial charge in [-0.15, -0.1) is 0 Å². The molecule has 0 spiro atoms. The Kier molecular flexibility index (Phi) is 6.44. The lowest BCUT2D eigenvalue weighted by Crippen LogP contribution is -2.56. The van der Waals surface area contributed by atoms with E-state index in [1.807, 2.05) is 7.05 Å². The maximum absolute atomic E-state index is 11.9. The van der Waals surface area contributed by atoms with Crippen molar-refractivity contribution in [2.45, 2.75) is 38.6 Å². The van der Waals surface area contributed by atoms with Crippen LogP contribution < -0.4 is 5.32 Å². The Balaban J connectivity index is 2.35. The number of amides is 3. The molecular formula is C13H23N3O4. The average molecular weight is 285 g/mol. The molecule has 0 radical (unpaired) electrons. The molecule has 0 aromatic heterocycles. The van der Waals surface area contributed by atoms with Crippen LogP contribution in [0.15, 0.2) is 0 Å². The molecule has 1 unspecified atom stereocenters. The molecule has 1 aliphatic heterocycles. The molecule has 1 rings (SSSR count). The van der Waals surface area contributed by atoms with Crippen molar-refractivity contribution >= 4 is 17.9 Å². The fraction of sp³-hybridized carbons (Fsp3) is 0.769. The third-order valence-corrected chi connectivity index (χ3v) is 3.58. The zero-order valence-corrected chi connectivity index (χ0v) is 12.1. The van der Waals surface area contributed by atoms with Crippen LogP contribution in [0.2, 0.25) is 0 Å². The van der Waals surface area contributed by atoms with Crippen LogP contribution in [-0.2, 0) is 9.59 Å². The van der Waals surface area contributed by atoms with Gasteiger partial charge < -0.3 is 10.0 Å². The molecule has 1 aliphatic rings. The van der Waals surface area contributed by atoms with E-state index in [9.17, 15) is 14.4 Å². The SMILES string of the molecule is CCC1CN(C(=O)NC(=O)CCCC(=O)O)CCN1C. The standard InChI is InChI=1S/C13H23N3O4/c1-3-10-9-16(8-7-15(10)2)13(20)14-11(17)5-4-6-12(18)19/h10H,3-9H2,1-2H3,(H,18,19)(H,14,17,20). The summed E-state index contributed by atoms with van der Waals surface area (Å²) in [6, 6.07) is -0.0616. The number of likely N-dealkylation sites (N-methyl/N-ethyl adjacent to an activating group) is 1. The summed E-state index contributed by atoms with van der Waals surface area (Å²) in [5, 5.41) is 10.8. The van der Waals surface area contributed by atoms with Crippen molar-refractivity contribution in [2.75, 3.05) is 26.7 Å². The Hall–Kier alpha value is -1.63. The van der Waals surface area contributed by atoms with Gasteiger partial charge in [-0.1, -0.05) is 6.92 Å². The molecule has 0 aromatic rings. The van der Waals surface area contributed by atoms with E-state index in [-0.39, 0.29) is 25.3 Å². The van der Waals surface area contributed by atoms with Gasteiger partial charge in [0, 0.05) is 38.5 Å². The van der Waals surface area contributed by atoms with E-state index in [0.29, 0.717) is 19.1 Å². The van der Waals surface area contributed by atoms with E-state index < -0.39 is 11.9 Å². The number of hydrogen-bond acceptors (Lipinski definition) is 4. The third-order valence-electron chi connectivity index (χ3n) is 3.58. The lowest BCUT2D eigenvalue weighted by Gasteiger charge is -2.38. The normalized spacial score (nSPS) is 19.7. The maximum atomic E-state index is 11.9. The number of carbonyl (C=O) groups excluding carboxylic acids is 2. The van der Waals surface area contributed by atoms with Gasteiger partial charge >= 0.3 is 12.0 Å². The van der Waals surface area contributed by atoms with Crippen LogP contribution in [0.4, 0.5) is 4.79 Å². The zero-order valence-electron chi connectivity index (χ0n) is 12.1. The summed E-state index contributed by atoms with van der Waals surface area (Å²) in [5.74, 6) is -1.35. The second-order valence-electron chi connectivity index (χ2n) is 5.09. The van der Waals surface area contributed by atoms with Gasteiger partial charge in [-0.3, -0.25) is 19.8 Å². The number of carbonyl (C=O) groups is 3. The number of piperazine rings is 1. The van der Waals surface area contributed by atoms with Crippen molar-refractivity contribution in [1.29, 1.82) is 0 Å². The summed E-state index contributed by atoms with van der Waals surface area (Å²) in [6.45, 7) is 4.07. The van der Waals surface area contributed by atoms with Crippen molar-refractivity contribution in [3.05, 3.63) is 0 Å². The number of imide groups is 1. The number of hydrogen-bond donors (Lipinski definition) is 2. The Bertz CT molecular complexity index is 373. The predicted octanol–water partition coefficient (Wildman–Crippen LogP) is 0.504. The van der Waals surface area contributed by atoms with Crippen LogP contribution in [0.1, 0.15) is 32.6 Å². The minimum absolute atomic E-state index is 0.0585. The summed E-state index contributed by atoms with van der Waals surface area (Å²) in [6.07, 6.45) is 1.19. The van der Waals surface area contributed by atoms with Crippen LogP contribution in [0.3, 0.4) is 0 Å². The van der Waals surface area contributed by atoms with Crippen molar-refractivity contribution < 1.29 is 19.5 Å². The highest BCUT2D eigenvalue weighted by Gasteiger charge is 2.26. The predicted molar refractivity (Wildman–Crippen MR) is 73.3 cm³/mol. The molecule has 7 heteroatoms. The molecule has 7 nitrogen and oxygen atoms in total. The first-order valence-electron chi connectivity index (χ1n) is 6.94. The molecule has 2 N–H and O–H groups in total. The van der Waals surface area contributed by atoms with Crippen LogP contribution in [0, 0.1) is 0 Å². The number of rotatable bonds is 5. The summed E-state index contributed by atoms with van der Waals surface area (Å²) >= 11 is 0. The smallest absolute Gasteiger partial charge is 0.324 e. The van der Waals surface area contributed by atoms with E-state index >= 15 is 0 Å². The Labute approximate surface area is 118 Å². The van der Waals surface area contributed by atoms with E-state index in [1.54, 1.807) is 4.90 Å².